The number of halogens is 1. The quantitative estimate of drug-likeness (QED) is 0.699. The number of nitrogens with one attached hydrogen (secondary N) is 1. The van der Waals surface area contributed by atoms with Crippen LogP contribution in [0, 0.1) is 5.82 Å². The molecule has 1 amide bonds. The molecule has 146 valence electrons. The van der Waals surface area contributed by atoms with Gasteiger partial charge in [-0.2, -0.15) is 0 Å². The molecule has 0 aliphatic rings. The van der Waals surface area contributed by atoms with Gasteiger partial charge in [-0.15, -0.1) is 11.8 Å². The van der Waals surface area contributed by atoms with E-state index in [1.165, 1.54) is 17.8 Å². The van der Waals surface area contributed by atoms with Crippen molar-refractivity contribution in [2.24, 2.45) is 0 Å². The van der Waals surface area contributed by atoms with E-state index in [9.17, 15) is 9.18 Å². The number of rotatable bonds is 9. The van der Waals surface area contributed by atoms with E-state index >= 15 is 0 Å². The van der Waals surface area contributed by atoms with Crippen LogP contribution in [0.1, 0.15) is 23.3 Å². The molecule has 27 heavy (non-hydrogen) atoms. The molecule has 0 aliphatic heterocycles. The van der Waals surface area contributed by atoms with Crippen LogP contribution in [0.5, 0.6) is 17.2 Å². The summed E-state index contributed by atoms with van der Waals surface area (Å²) in [6.45, 7) is 2.17. The third-order valence-corrected chi connectivity index (χ3v) is 5.25. The van der Waals surface area contributed by atoms with Gasteiger partial charge in [-0.05, 0) is 19.1 Å². The molecule has 1 unspecified atom stereocenters. The predicted molar refractivity (Wildman–Crippen MR) is 105 cm³/mol. The summed E-state index contributed by atoms with van der Waals surface area (Å²) in [5.74, 6) is 1.54. The summed E-state index contributed by atoms with van der Waals surface area (Å²) < 4.78 is 29.7. The Morgan fingerprint density at radius 3 is 2.33 bits per heavy atom. The molecule has 0 radical (unpaired) electrons. The number of amides is 1. The minimum Gasteiger partial charge on any atom is -0.496 e. The first-order chi connectivity index (χ1) is 13.0. The van der Waals surface area contributed by atoms with Gasteiger partial charge in [-0.25, -0.2) is 4.39 Å². The lowest BCUT2D eigenvalue weighted by atomic mass is 10.1. The number of carbonyl (C=O) groups excluding carboxylic acids is 1. The van der Waals surface area contributed by atoms with Crippen molar-refractivity contribution >= 4 is 17.7 Å². The third kappa shape index (κ3) is 5.53. The SMILES string of the molecule is COc1cc(OC)c(OC)cc1CNC(=O)CSC(C)c1ccccc1F. The Morgan fingerprint density at radius 1 is 1.07 bits per heavy atom. The smallest absolute Gasteiger partial charge is 0.230 e. The van der Waals surface area contributed by atoms with E-state index in [1.54, 1.807) is 51.7 Å². The zero-order valence-corrected chi connectivity index (χ0v) is 16.7. The summed E-state index contributed by atoms with van der Waals surface area (Å²) in [5, 5.41) is 2.74. The van der Waals surface area contributed by atoms with Crippen LogP contribution >= 0.6 is 11.8 Å². The Bertz CT molecular complexity index is 785. The van der Waals surface area contributed by atoms with Crippen LogP contribution in [-0.2, 0) is 11.3 Å². The van der Waals surface area contributed by atoms with Gasteiger partial charge in [-0.3, -0.25) is 4.79 Å². The second kappa shape index (κ2) is 10.1. The van der Waals surface area contributed by atoms with E-state index in [2.05, 4.69) is 5.32 Å². The molecule has 0 bridgehead atoms. The summed E-state index contributed by atoms with van der Waals surface area (Å²) in [5.41, 5.74) is 1.37. The Balaban J connectivity index is 1.94. The molecular weight excluding hydrogens is 369 g/mol. The highest BCUT2D eigenvalue weighted by atomic mass is 32.2. The molecule has 0 fully saturated rings. The molecule has 5 nitrogen and oxygen atoms in total. The van der Waals surface area contributed by atoms with Crippen molar-refractivity contribution < 1.29 is 23.4 Å². The first kappa shape index (κ1) is 20.9. The van der Waals surface area contributed by atoms with Crippen LogP contribution in [0.3, 0.4) is 0 Å². The molecule has 0 heterocycles. The standard InChI is InChI=1S/C20H24FNO4S/c1-13(15-7-5-6-8-16(15)21)27-12-20(23)22-11-14-9-18(25-3)19(26-4)10-17(14)24-2/h5-10,13H,11-12H2,1-4H3,(H,22,23). The van der Waals surface area contributed by atoms with Gasteiger partial charge in [-0.1, -0.05) is 18.2 Å². The largest absolute Gasteiger partial charge is 0.496 e. The topological polar surface area (TPSA) is 56.8 Å². The van der Waals surface area contributed by atoms with Crippen molar-refractivity contribution in [3.05, 3.63) is 53.3 Å². The van der Waals surface area contributed by atoms with Gasteiger partial charge in [0.2, 0.25) is 5.91 Å². The lowest BCUT2D eigenvalue weighted by molar-refractivity contribution is -0.118. The van der Waals surface area contributed by atoms with Crippen molar-refractivity contribution in [1.29, 1.82) is 0 Å². The second-order valence-electron chi connectivity index (χ2n) is 5.77. The Hall–Kier alpha value is -2.41. The van der Waals surface area contributed by atoms with Crippen molar-refractivity contribution in [3.8, 4) is 17.2 Å². The van der Waals surface area contributed by atoms with E-state index in [4.69, 9.17) is 14.2 Å². The molecule has 2 aromatic rings. The summed E-state index contributed by atoms with van der Waals surface area (Å²) in [6.07, 6.45) is 0. The fraction of sp³-hybridized carbons (Fsp3) is 0.350. The van der Waals surface area contributed by atoms with Crippen LogP contribution in [0.2, 0.25) is 0 Å². The fourth-order valence-electron chi connectivity index (χ4n) is 2.57. The van der Waals surface area contributed by atoms with Gasteiger partial charge in [0.25, 0.3) is 0 Å². The first-order valence-electron chi connectivity index (χ1n) is 8.41. The van der Waals surface area contributed by atoms with E-state index in [-0.39, 0.29) is 29.3 Å². The Morgan fingerprint density at radius 2 is 1.70 bits per heavy atom. The van der Waals surface area contributed by atoms with Gasteiger partial charge in [0.15, 0.2) is 11.5 Å². The molecule has 0 spiro atoms. The highest BCUT2D eigenvalue weighted by Gasteiger charge is 2.15. The molecule has 1 atom stereocenters. The van der Waals surface area contributed by atoms with Gasteiger partial charge < -0.3 is 19.5 Å². The van der Waals surface area contributed by atoms with E-state index in [0.29, 0.717) is 22.8 Å². The maximum atomic E-state index is 13.8. The number of hydrogen-bond donors (Lipinski definition) is 1. The highest BCUT2D eigenvalue weighted by molar-refractivity contribution is 8.00. The zero-order valence-electron chi connectivity index (χ0n) is 15.9. The molecule has 0 aliphatic carbocycles. The van der Waals surface area contributed by atoms with Crippen molar-refractivity contribution in [1.82, 2.24) is 5.32 Å². The molecule has 2 rings (SSSR count). The number of thioether (sulfide) groups is 1. The molecule has 0 saturated heterocycles. The zero-order chi connectivity index (χ0) is 19.8. The first-order valence-corrected chi connectivity index (χ1v) is 9.46. The minimum absolute atomic E-state index is 0.118. The Kier molecular flexibility index (Phi) is 7.79. The van der Waals surface area contributed by atoms with Crippen LogP contribution in [0.25, 0.3) is 0 Å². The fourth-order valence-corrected chi connectivity index (χ4v) is 3.44. The third-order valence-electron chi connectivity index (χ3n) is 4.07. The average molecular weight is 393 g/mol. The lowest BCUT2D eigenvalue weighted by Crippen LogP contribution is -2.25. The van der Waals surface area contributed by atoms with Crippen molar-refractivity contribution in [2.45, 2.75) is 18.7 Å². The molecule has 0 aromatic heterocycles. The number of ether oxygens (including phenoxy) is 3. The van der Waals surface area contributed by atoms with Crippen LogP contribution in [0.4, 0.5) is 4.39 Å². The van der Waals surface area contributed by atoms with E-state index in [0.717, 1.165) is 5.56 Å². The van der Waals surface area contributed by atoms with Crippen molar-refractivity contribution in [3.63, 3.8) is 0 Å². The monoisotopic (exact) mass is 393 g/mol. The number of hydrogen-bond acceptors (Lipinski definition) is 5. The van der Waals surface area contributed by atoms with Gasteiger partial charge in [0, 0.05) is 29.0 Å². The highest BCUT2D eigenvalue weighted by Crippen LogP contribution is 2.34. The van der Waals surface area contributed by atoms with Crippen LogP contribution in [-0.4, -0.2) is 33.0 Å². The average Bonchev–Trinajstić information content (AvgIpc) is 2.69. The van der Waals surface area contributed by atoms with Gasteiger partial charge in [0.1, 0.15) is 11.6 Å². The molecule has 7 heteroatoms. The molecule has 0 saturated carbocycles. The normalized spacial score (nSPS) is 11.6. The van der Waals surface area contributed by atoms with Crippen molar-refractivity contribution in [2.75, 3.05) is 27.1 Å². The summed E-state index contributed by atoms with van der Waals surface area (Å²) in [6, 6.07) is 10.1. The number of benzene rings is 2. The minimum atomic E-state index is -0.257. The number of methoxy groups -OCH3 is 3. The second-order valence-corrected chi connectivity index (χ2v) is 7.10. The van der Waals surface area contributed by atoms with E-state index < -0.39 is 0 Å². The maximum absolute atomic E-state index is 13.8. The Labute approximate surface area is 163 Å². The molecule has 2 aromatic carbocycles. The van der Waals surface area contributed by atoms with E-state index in [1.807, 2.05) is 6.92 Å². The maximum Gasteiger partial charge on any atom is 0.230 e. The van der Waals surface area contributed by atoms with Crippen LogP contribution in [0.15, 0.2) is 36.4 Å². The van der Waals surface area contributed by atoms with Crippen LogP contribution < -0.4 is 19.5 Å². The molecular formula is C20H24FNO4S. The van der Waals surface area contributed by atoms with Gasteiger partial charge >= 0.3 is 0 Å². The summed E-state index contributed by atoms with van der Waals surface area (Å²) in [7, 11) is 4.65. The summed E-state index contributed by atoms with van der Waals surface area (Å²) >= 11 is 1.38. The summed E-state index contributed by atoms with van der Waals surface area (Å²) in [4.78, 5) is 12.2. The lowest BCUT2D eigenvalue weighted by Gasteiger charge is -2.15. The predicted octanol–water partition coefficient (Wildman–Crippen LogP) is 3.96. The van der Waals surface area contributed by atoms with Gasteiger partial charge in [0.05, 0.1) is 27.1 Å². The number of carbonyl (C=O) groups is 1. The molecule has 1 N–H and O–H groups in total.